The first kappa shape index (κ1) is 17.6. The molecule has 0 fully saturated rings. The zero-order chi connectivity index (χ0) is 19.7. The number of pyridine rings is 1. The van der Waals surface area contributed by atoms with Crippen molar-refractivity contribution in [1.82, 2.24) is 25.3 Å². The number of rotatable bonds is 4. The molecule has 1 aromatic carbocycles. The quantitative estimate of drug-likeness (QED) is 0.509. The SMILES string of the molecule is CC(NC(=O)c1cc2ccc(F)cc2[nH]1)c1cc(=O)[nH]c(-c2ccccn2)n1. The van der Waals surface area contributed by atoms with E-state index in [1.54, 1.807) is 43.5 Å². The molecule has 8 heteroatoms. The Morgan fingerprint density at radius 3 is 2.79 bits per heavy atom. The lowest BCUT2D eigenvalue weighted by molar-refractivity contribution is 0.0935. The summed E-state index contributed by atoms with van der Waals surface area (Å²) in [5, 5.41) is 3.52. The molecule has 0 saturated carbocycles. The van der Waals surface area contributed by atoms with Crippen LogP contribution in [0.15, 0.2) is 59.5 Å². The molecule has 1 amide bonds. The summed E-state index contributed by atoms with van der Waals surface area (Å²) in [5.41, 5.74) is 1.41. The Bertz CT molecular complexity index is 1220. The molecule has 0 bridgehead atoms. The molecule has 0 aliphatic carbocycles. The number of halogens is 1. The highest BCUT2D eigenvalue weighted by Crippen LogP contribution is 2.18. The van der Waals surface area contributed by atoms with Gasteiger partial charge >= 0.3 is 0 Å². The molecule has 3 aromatic heterocycles. The normalized spacial score (nSPS) is 12.1. The molecular weight excluding hydrogens is 361 g/mol. The molecule has 3 N–H and O–H groups in total. The molecule has 0 spiro atoms. The number of carbonyl (C=O) groups is 1. The van der Waals surface area contributed by atoms with Gasteiger partial charge in [-0.15, -0.1) is 0 Å². The highest BCUT2D eigenvalue weighted by Gasteiger charge is 2.16. The van der Waals surface area contributed by atoms with Crippen molar-refractivity contribution < 1.29 is 9.18 Å². The van der Waals surface area contributed by atoms with E-state index in [0.29, 0.717) is 28.4 Å². The van der Waals surface area contributed by atoms with Gasteiger partial charge in [-0.1, -0.05) is 6.07 Å². The zero-order valence-corrected chi connectivity index (χ0v) is 14.9. The van der Waals surface area contributed by atoms with E-state index >= 15 is 0 Å². The van der Waals surface area contributed by atoms with E-state index in [4.69, 9.17) is 0 Å². The van der Waals surface area contributed by atoms with Crippen molar-refractivity contribution in [3.63, 3.8) is 0 Å². The van der Waals surface area contributed by atoms with Crippen LogP contribution in [0.4, 0.5) is 4.39 Å². The Morgan fingerprint density at radius 2 is 2.00 bits per heavy atom. The fourth-order valence-corrected chi connectivity index (χ4v) is 2.89. The van der Waals surface area contributed by atoms with Crippen LogP contribution in [0.5, 0.6) is 0 Å². The highest BCUT2D eigenvalue weighted by molar-refractivity contribution is 5.98. The maximum Gasteiger partial charge on any atom is 0.268 e. The number of aromatic amines is 2. The summed E-state index contributed by atoms with van der Waals surface area (Å²) in [5.74, 6) is -0.444. The maximum atomic E-state index is 13.3. The number of nitrogens with one attached hydrogen (secondary N) is 3. The fraction of sp³-hybridized carbons (Fsp3) is 0.100. The molecule has 4 aromatic rings. The predicted octanol–water partition coefficient (Wildman–Crippen LogP) is 2.94. The number of fused-ring (bicyclic) bond motifs is 1. The first-order chi connectivity index (χ1) is 13.5. The van der Waals surface area contributed by atoms with Gasteiger partial charge in [0.25, 0.3) is 11.5 Å². The molecule has 28 heavy (non-hydrogen) atoms. The summed E-state index contributed by atoms with van der Waals surface area (Å²) in [4.78, 5) is 38.7. The average molecular weight is 377 g/mol. The molecule has 4 rings (SSSR count). The third kappa shape index (κ3) is 3.52. The van der Waals surface area contributed by atoms with E-state index in [0.717, 1.165) is 5.39 Å². The van der Waals surface area contributed by atoms with Crippen LogP contribution in [0.2, 0.25) is 0 Å². The molecule has 0 saturated heterocycles. The summed E-state index contributed by atoms with van der Waals surface area (Å²) < 4.78 is 13.3. The van der Waals surface area contributed by atoms with E-state index in [9.17, 15) is 14.0 Å². The minimum atomic E-state index is -0.527. The summed E-state index contributed by atoms with van der Waals surface area (Å²) in [6, 6.07) is 12.0. The van der Waals surface area contributed by atoms with Gasteiger partial charge in [0.15, 0.2) is 5.82 Å². The first-order valence-corrected chi connectivity index (χ1v) is 8.61. The van der Waals surface area contributed by atoms with E-state index in [2.05, 4.69) is 25.3 Å². The molecule has 3 heterocycles. The molecule has 0 aliphatic rings. The fourth-order valence-electron chi connectivity index (χ4n) is 2.89. The van der Waals surface area contributed by atoms with Gasteiger partial charge in [0, 0.05) is 23.2 Å². The third-order valence-electron chi connectivity index (χ3n) is 4.29. The predicted molar refractivity (Wildman–Crippen MR) is 102 cm³/mol. The largest absolute Gasteiger partial charge is 0.350 e. The Hall–Kier alpha value is -3.81. The van der Waals surface area contributed by atoms with Crippen LogP contribution in [0.25, 0.3) is 22.4 Å². The first-order valence-electron chi connectivity index (χ1n) is 8.61. The molecular formula is C20H16FN5O2. The van der Waals surface area contributed by atoms with E-state index in [1.807, 2.05) is 0 Å². The van der Waals surface area contributed by atoms with Crippen molar-refractivity contribution in [2.45, 2.75) is 13.0 Å². The highest BCUT2D eigenvalue weighted by atomic mass is 19.1. The van der Waals surface area contributed by atoms with Crippen molar-refractivity contribution in [2.24, 2.45) is 0 Å². The zero-order valence-electron chi connectivity index (χ0n) is 14.9. The monoisotopic (exact) mass is 377 g/mol. The van der Waals surface area contributed by atoms with Crippen molar-refractivity contribution in [1.29, 1.82) is 0 Å². The number of carbonyl (C=O) groups excluding carboxylic acids is 1. The lowest BCUT2D eigenvalue weighted by Gasteiger charge is -2.13. The number of hydrogen-bond acceptors (Lipinski definition) is 4. The van der Waals surface area contributed by atoms with Crippen molar-refractivity contribution in [2.75, 3.05) is 0 Å². The average Bonchev–Trinajstić information content (AvgIpc) is 3.11. The Balaban J connectivity index is 1.59. The Labute approximate surface area is 158 Å². The van der Waals surface area contributed by atoms with Crippen LogP contribution < -0.4 is 10.9 Å². The lowest BCUT2D eigenvalue weighted by Crippen LogP contribution is -2.28. The number of hydrogen-bond donors (Lipinski definition) is 3. The molecule has 0 aliphatic heterocycles. The number of benzene rings is 1. The van der Waals surface area contributed by atoms with Crippen molar-refractivity contribution in [3.8, 4) is 11.5 Å². The molecule has 1 atom stereocenters. The minimum Gasteiger partial charge on any atom is -0.350 e. The van der Waals surface area contributed by atoms with E-state index < -0.39 is 6.04 Å². The number of aromatic nitrogens is 4. The number of nitrogens with zero attached hydrogens (tertiary/aromatic N) is 2. The second kappa shape index (κ2) is 7.07. The number of H-pyrrole nitrogens is 2. The second-order valence-corrected chi connectivity index (χ2v) is 6.34. The molecule has 1 unspecified atom stereocenters. The second-order valence-electron chi connectivity index (χ2n) is 6.34. The Kier molecular flexibility index (Phi) is 4.44. The summed E-state index contributed by atoms with van der Waals surface area (Å²) in [6.45, 7) is 1.73. The topological polar surface area (TPSA) is 104 Å². The van der Waals surface area contributed by atoms with Gasteiger partial charge in [0.05, 0.1) is 11.7 Å². The number of amides is 1. The minimum absolute atomic E-state index is 0.294. The third-order valence-corrected chi connectivity index (χ3v) is 4.29. The van der Waals surface area contributed by atoms with Crippen LogP contribution in [0.1, 0.15) is 29.1 Å². The van der Waals surface area contributed by atoms with Crippen LogP contribution in [0.3, 0.4) is 0 Å². The van der Waals surface area contributed by atoms with E-state index in [1.165, 1.54) is 18.2 Å². The summed E-state index contributed by atoms with van der Waals surface area (Å²) in [6.07, 6.45) is 1.60. The van der Waals surface area contributed by atoms with Crippen LogP contribution >= 0.6 is 0 Å². The van der Waals surface area contributed by atoms with Crippen LogP contribution in [0, 0.1) is 5.82 Å². The molecule has 7 nitrogen and oxygen atoms in total. The van der Waals surface area contributed by atoms with Crippen LogP contribution in [-0.2, 0) is 0 Å². The standard InChI is InChI=1S/C20H16FN5O2/c1-11(15-10-18(27)26-19(25-15)14-4-2-3-7-22-14)23-20(28)17-8-12-5-6-13(21)9-16(12)24-17/h2-11,24H,1H3,(H,23,28)(H,25,26,27). The molecule has 140 valence electrons. The smallest absolute Gasteiger partial charge is 0.268 e. The maximum absolute atomic E-state index is 13.3. The van der Waals surface area contributed by atoms with Crippen molar-refractivity contribution >= 4 is 16.8 Å². The van der Waals surface area contributed by atoms with Gasteiger partial charge in [-0.25, -0.2) is 9.37 Å². The van der Waals surface area contributed by atoms with Gasteiger partial charge in [-0.2, -0.15) is 0 Å². The molecule has 0 radical (unpaired) electrons. The lowest BCUT2D eigenvalue weighted by atomic mass is 10.2. The van der Waals surface area contributed by atoms with Gasteiger partial charge in [-0.05, 0) is 43.3 Å². The van der Waals surface area contributed by atoms with Gasteiger partial charge in [0.2, 0.25) is 0 Å². The summed E-state index contributed by atoms with van der Waals surface area (Å²) >= 11 is 0. The summed E-state index contributed by atoms with van der Waals surface area (Å²) in [7, 11) is 0. The van der Waals surface area contributed by atoms with Crippen molar-refractivity contribution in [3.05, 3.63) is 82.3 Å². The van der Waals surface area contributed by atoms with Crippen LogP contribution in [-0.4, -0.2) is 25.8 Å². The van der Waals surface area contributed by atoms with Gasteiger partial charge in [0.1, 0.15) is 17.2 Å². The van der Waals surface area contributed by atoms with E-state index in [-0.39, 0.29) is 17.3 Å². The Morgan fingerprint density at radius 1 is 1.14 bits per heavy atom. The van der Waals surface area contributed by atoms with Gasteiger partial charge in [-0.3, -0.25) is 14.6 Å². The van der Waals surface area contributed by atoms with Gasteiger partial charge < -0.3 is 15.3 Å².